The molecule has 0 fully saturated rings. The van der Waals surface area contributed by atoms with Gasteiger partial charge in [-0.3, -0.25) is 0 Å². The zero-order chi connectivity index (χ0) is 13.0. The maximum Gasteiger partial charge on any atom is 0.340 e. The molecule has 2 aromatic rings. The highest BCUT2D eigenvalue weighted by molar-refractivity contribution is 6.22. The third-order valence-electron chi connectivity index (χ3n) is 2.56. The lowest BCUT2D eigenvalue weighted by Crippen LogP contribution is -2.03. The van der Waals surface area contributed by atoms with Crippen molar-refractivity contribution in [2.75, 3.05) is 0 Å². The van der Waals surface area contributed by atoms with E-state index in [4.69, 9.17) is 0 Å². The van der Waals surface area contributed by atoms with Crippen LogP contribution in [-0.2, 0) is 4.79 Å². The Morgan fingerprint density at radius 1 is 0.722 bits per heavy atom. The van der Waals surface area contributed by atoms with Crippen molar-refractivity contribution in [1.82, 2.24) is 0 Å². The smallest absolute Gasteiger partial charge is 0.340 e. The lowest BCUT2D eigenvalue weighted by molar-refractivity contribution is -0.130. The largest absolute Gasteiger partial charge is 0.506 e. The van der Waals surface area contributed by atoms with E-state index < -0.39 is 5.97 Å². The Morgan fingerprint density at radius 3 is 1.61 bits per heavy atom. The lowest BCUT2D eigenvalue weighted by atomic mass is 10.0. The summed E-state index contributed by atoms with van der Waals surface area (Å²) in [6, 6.07) is 17.2. The number of carboxylic acid groups (broad SMARTS) is 1. The van der Waals surface area contributed by atoms with Gasteiger partial charge in [0.15, 0.2) is 0 Å². The van der Waals surface area contributed by atoms with E-state index in [9.17, 15) is 15.0 Å². The molecule has 0 unspecified atom stereocenters. The molecular formula is C15H12O3. The van der Waals surface area contributed by atoms with E-state index in [0.717, 1.165) is 0 Å². The molecule has 0 aliphatic carbocycles. The maximum absolute atomic E-state index is 11.3. The fraction of sp³-hybridized carbons (Fsp3) is 0. The number of aliphatic hydroxyl groups excluding tert-OH is 1. The van der Waals surface area contributed by atoms with E-state index in [1.54, 1.807) is 60.7 Å². The molecule has 18 heavy (non-hydrogen) atoms. The summed E-state index contributed by atoms with van der Waals surface area (Å²) in [5.41, 5.74) is 0.868. The number of carbonyl (C=O) groups is 1. The van der Waals surface area contributed by atoms with Gasteiger partial charge in [0.1, 0.15) is 11.3 Å². The summed E-state index contributed by atoms with van der Waals surface area (Å²) in [7, 11) is 0. The number of aliphatic carboxylic acids is 1. The molecule has 0 spiro atoms. The minimum Gasteiger partial charge on any atom is -0.506 e. The summed E-state index contributed by atoms with van der Waals surface area (Å²) in [6.07, 6.45) is 0. The molecule has 0 aliphatic heterocycles. The maximum atomic E-state index is 11.3. The topological polar surface area (TPSA) is 57.5 Å². The van der Waals surface area contributed by atoms with Crippen molar-refractivity contribution < 1.29 is 15.0 Å². The van der Waals surface area contributed by atoms with Crippen molar-refractivity contribution in [1.29, 1.82) is 0 Å². The molecule has 0 amide bonds. The Balaban J connectivity index is 2.58. The van der Waals surface area contributed by atoms with E-state index in [2.05, 4.69) is 0 Å². The molecule has 2 aromatic carbocycles. The van der Waals surface area contributed by atoms with Gasteiger partial charge in [0.25, 0.3) is 0 Å². The molecule has 0 saturated heterocycles. The summed E-state index contributed by atoms with van der Waals surface area (Å²) < 4.78 is 0. The summed E-state index contributed by atoms with van der Waals surface area (Å²) >= 11 is 0. The average molecular weight is 240 g/mol. The van der Waals surface area contributed by atoms with Gasteiger partial charge in [-0.2, -0.15) is 0 Å². The van der Waals surface area contributed by atoms with Crippen LogP contribution < -0.4 is 0 Å². The van der Waals surface area contributed by atoms with Gasteiger partial charge < -0.3 is 10.2 Å². The Labute approximate surface area is 105 Å². The predicted octanol–water partition coefficient (Wildman–Crippen LogP) is 3.20. The fourth-order valence-electron chi connectivity index (χ4n) is 1.71. The molecule has 3 nitrogen and oxygen atoms in total. The molecule has 3 heteroatoms. The average Bonchev–Trinajstić information content (AvgIpc) is 2.40. The van der Waals surface area contributed by atoms with Crippen LogP contribution in [0.4, 0.5) is 0 Å². The van der Waals surface area contributed by atoms with Gasteiger partial charge >= 0.3 is 5.97 Å². The summed E-state index contributed by atoms with van der Waals surface area (Å²) in [5.74, 6) is -1.38. The minimum absolute atomic E-state index is 0.0956. The molecule has 2 rings (SSSR count). The van der Waals surface area contributed by atoms with Crippen LogP contribution in [0.15, 0.2) is 60.7 Å². The molecule has 0 saturated carbocycles. The van der Waals surface area contributed by atoms with Crippen molar-refractivity contribution in [2.24, 2.45) is 0 Å². The second kappa shape index (κ2) is 5.19. The van der Waals surface area contributed by atoms with Crippen LogP contribution in [0.25, 0.3) is 11.3 Å². The first-order valence-corrected chi connectivity index (χ1v) is 5.47. The van der Waals surface area contributed by atoms with Crippen LogP contribution in [0.3, 0.4) is 0 Å². The number of benzene rings is 2. The van der Waals surface area contributed by atoms with E-state index in [-0.39, 0.29) is 11.3 Å². The first-order valence-electron chi connectivity index (χ1n) is 5.47. The van der Waals surface area contributed by atoms with E-state index in [1.807, 2.05) is 0 Å². The molecule has 0 atom stereocenters. The van der Waals surface area contributed by atoms with E-state index >= 15 is 0 Å². The number of hydrogen-bond acceptors (Lipinski definition) is 2. The molecule has 2 N–H and O–H groups in total. The van der Waals surface area contributed by atoms with Gasteiger partial charge in [0.2, 0.25) is 0 Å². The molecular weight excluding hydrogens is 228 g/mol. The third-order valence-corrected chi connectivity index (χ3v) is 2.56. The SMILES string of the molecule is O=C(O)C(=C(O)c1ccccc1)c1ccccc1. The van der Waals surface area contributed by atoms with Gasteiger partial charge in [-0.1, -0.05) is 60.7 Å². The van der Waals surface area contributed by atoms with E-state index in [0.29, 0.717) is 11.1 Å². The number of hydrogen-bond donors (Lipinski definition) is 2. The standard InChI is InChI=1S/C15H12O3/c16-14(12-9-5-2-6-10-12)13(15(17)18)11-7-3-1-4-8-11/h1-10,16H,(H,17,18). The molecule has 0 aliphatic rings. The Kier molecular flexibility index (Phi) is 3.44. The molecule has 0 radical (unpaired) electrons. The number of rotatable bonds is 3. The first kappa shape index (κ1) is 11.9. The van der Waals surface area contributed by atoms with Crippen LogP contribution >= 0.6 is 0 Å². The molecule has 90 valence electrons. The van der Waals surface area contributed by atoms with Crippen LogP contribution in [-0.4, -0.2) is 16.2 Å². The summed E-state index contributed by atoms with van der Waals surface area (Å²) in [4.78, 5) is 11.3. The van der Waals surface area contributed by atoms with Crippen molar-refractivity contribution in [3.63, 3.8) is 0 Å². The van der Waals surface area contributed by atoms with Crippen molar-refractivity contribution in [3.05, 3.63) is 71.8 Å². The molecule has 0 bridgehead atoms. The first-order chi connectivity index (χ1) is 8.70. The Bertz CT molecular complexity index is 571. The van der Waals surface area contributed by atoms with Crippen molar-refractivity contribution >= 4 is 17.3 Å². The monoisotopic (exact) mass is 240 g/mol. The zero-order valence-electron chi connectivity index (χ0n) is 9.58. The van der Waals surface area contributed by atoms with Crippen LogP contribution in [0.5, 0.6) is 0 Å². The third kappa shape index (κ3) is 2.40. The van der Waals surface area contributed by atoms with Crippen LogP contribution in [0.2, 0.25) is 0 Å². The number of carboxylic acids is 1. The number of aliphatic hydroxyl groups is 1. The van der Waals surface area contributed by atoms with Gasteiger partial charge in [-0.05, 0) is 5.56 Å². The fourth-order valence-corrected chi connectivity index (χ4v) is 1.71. The highest BCUT2D eigenvalue weighted by Crippen LogP contribution is 2.24. The van der Waals surface area contributed by atoms with Crippen molar-refractivity contribution in [2.45, 2.75) is 0 Å². The second-order valence-electron chi connectivity index (χ2n) is 3.76. The van der Waals surface area contributed by atoms with Gasteiger partial charge in [-0.25, -0.2) is 4.79 Å². The predicted molar refractivity (Wildman–Crippen MR) is 70.0 cm³/mol. The van der Waals surface area contributed by atoms with Crippen LogP contribution in [0.1, 0.15) is 11.1 Å². The summed E-state index contributed by atoms with van der Waals surface area (Å²) in [5, 5.41) is 19.3. The van der Waals surface area contributed by atoms with Gasteiger partial charge in [0.05, 0.1) is 0 Å². The zero-order valence-corrected chi connectivity index (χ0v) is 9.58. The van der Waals surface area contributed by atoms with Gasteiger partial charge in [0, 0.05) is 5.56 Å². The molecule has 0 heterocycles. The van der Waals surface area contributed by atoms with Gasteiger partial charge in [-0.15, -0.1) is 0 Å². The highest BCUT2D eigenvalue weighted by Gasteiger charge is 2.17. The minimum atomic E-state index is -1.15. The Morgan fingerprint density at radius 2 is 1.17 bits per heavy atom. The highest BCUT2D eigenvalue weighted by atomic mass is 16.4. The second-order valence-corrected chi connectivity index (χ2v) is 3.76. The molecule has 0 aromatic heterocycles. The van der Waals surface area contributed by atoms with E-state index in [1.165, 1.54) is 0 Å². The van der Waals surface area contributed by atoms with Crippen LogP contribution in [0, 0.1) is 0 Å². The summed E-state index contributed by atoms with van der Waals surface area (Å²) in [6.45, 7) is 0. The van der Waals surface area contributed by atoms with Crippen molar-refractivity contribution in [3.8, 4) is 0 Å². The normalized spacial score (nSPS) is 11.8. The lowest BCUT2D eigenvalue weighted by Gasteiger charge is -2.07. The Hall–Kier alpha value is -2.55. The quantitative estimate of drug-likeness (QED) is 0.492.